The normalized spacial score (nSPS) is 38.0. The maximum Gasteiger partial charge on any atom is 0.136 e. The largest absolute Gasteiger partial charge is 0.390 e. The van der Waals surface area contributed by atoms with E-state index in [2.05, 4.69) is 0 Å². The molecule has 1 aliphatic heterocycles. The number of ether oxygens (including phenoxy) is 1. The molecule has 1 saturated heterocycles. The molecule has 4 heteroatoms. The van der Waals surface area contributed by atoms with Crippen molar-refractivity contribution < 1.29 is 14.9 Å². The highest BCUT2D eigenvalue weighted by atomic mass is 32.2. The second-order valence-corrected chi connectivity index (χ2v) is 5.65. The first-order valence-electron chi connectivity index (χ1n) is 5.83. The Morgan fingerprint density at radius 2 is 1.71 bits per heavy atom. The van der Waals surface area contributed by atoms with Gasteiger partial charge in [-0.2, -0.15) is 0 Å². The fourth-order valence-corrected chi connectivity index (χ4v) is 3.01. The third-order valence-corrected chi connectivity index (χ3v) is 4.42. The van der Waals surface area contributed by atoms with Crippen molar-refractivity contribution in [1.82, 2.24) is 0 Å². The van der Waals surface area contributed by atoms with Gasteiger partial charge >= 0.3 is 0 Å². The highest BCUT2D eigenvalue weighted by Gasteiger charge is 2.40. The van der Waals surface area contributed by atoms with E-state index in [1.807, 2.05) is 44.2 Å². The van der Waals surface area contributed by atoms with Crippen molar-refractivity contribution in [1.29, 1.82) is 0 Å². The first-order chi connectivity index (χ1) is 8.09. The Kier molecular flexibility index (Phi) is 4.09. The number of thioether (sulfide) groups is 1. The van der Waals surface area contributed by atoms with Crippen LogP contribution in [0.1, 0.15) is 13.8 Å². The van der Waals surface area contributed by atoms with Crippen LogP contribution in [-0.2, 0) is 4.74 Å². The van der Waals surface area contributed by atoms with Gasteiger partial charge in [-0.3, -0.25) is 0 Å². The molecule has 17 heavy (non-hydrogen) atoms. The summed E-state index contributed by atoms with van der Waals surface area (Å²) in [6, 6.07) is 9.77. The molecule has 0 bridgehead atoms. The molecular weight excluding hydrogens is 236 g/mol. The molecule has 5 atom stereocenters. The molecule has 1 fully saturated rings. The van der Waals surface area contributed by atoms with Gasteiger partial charge < -0.3 is 14.9 Å². The third-order valence-electron chi connectivity index (χ3n) is 3.25. The van der Waals surface area contributed by atoms with Gasteiger partial charge in [0.05, 0.1) is 12.2 Å². The smallest absolute Gasteiger partial charge is 0.136 e. The van der Waals surface area contributed by atoms with Crippen LogP contribution >= 0.6 is 11.8 Å². The molecule has 0 aromatic heterocycles. The lowest BCUT2D eigenvalue weighted by molar-refractivity contribution is -0.160. The van der Waals surface area contributed by atoms with E-state index in [1.165, 1.54) is 11.8 Å². The first-order valence-corrected chi connectivity index (χ1v) is 6.71. The van der Waals surface area contributed by atoms with Crippen LogP contribution in [0.4, 0.5) is 0 Å². The maximum absolute atomic E-state index is 9.99. The Bertz CT molecular complexity index is 357. The summed E-state index contributed by atoms with van der Waals surface area (Å²) in [5.41, 5.74) is -0.404. The molecule has 0 unspecified atom stereocenters. The van der Waals surface area contributed by atoms with E-state index in [-0.39, 0.29) is 12.0 Å². The molecule has 1 aromatic rings. The Balaban J connectivity index is 2.06. The van der Waals surface area contributed by atoms with Crippen molar-refractivity contribution in [3.63, 3.8) is 0 Å². The average Bonchev–Trinajstić information content (AvgIpc) is 2.35. The van der Waals surface area contributed by atoms with Crippen molar-refractivity contribution in [3.05, 3.63) is 30.3 Å². The number of aliphatic hydroxyl groups excluding tert-OH is 2. The minimum Gasteiger partial charge on any atom is -0.390 e. The van der Waals surface area contributed by atoms with Gasteiger partial charge in [0, 0.05) is 10.8 Å². The fourth-order valence-electron chi connectivity index (χ4n) is 1.90. The molecule has 1 aliphatic rings. The van der Waals surface area contributed by atoms with Crippen LogP contribution in [0.2, 0.25) is 0 Å². The van der Waals surface area contributed by atoms with Gasteiger partial charge in [-0.25, -0.2) is 0 Å². The van der Waals surface area contributed by atoms with Crippen LogP contribution in [0.5, 0.6) is 0 Å². The maximum atomic E-state index is 9.99. The van der Waals surface area contributed by atoms with Crippen LogP contribution in [-0.4, -0.2) is 34.0 Å². The Labute approximate surface area is 106 Å². The number of benzene rings is 1. The predicted molar refractivity (Wildman–Crippen MR) is 67.8 cm³/mol. The minimum atomic E-state index is -0.841. The van der Waals surface area contributed by atoms with Crippen molar-refractivity contribution in [2.75, 3.05) is 0 Å². The average molecular weight is 254 g/mol. The molecule has 0 saturated carbocycles. The zero-order chi connectivity index (χ0) is 12.4. The van der Waals surface area contributed by atoms with E-state index in [0.29, 0.717) is 0 Å². The third kappa shape index (κ3) is 2.83. The van der Waals surface area contributed by atoms with E-state index < -0.39 is 17.6 Å². The van der Waals surface area contributed by atoms with E-state index in [0.717, 1.165) is 4.90 Å². The number of hydrogen-bond donors (Lipinski definition) is 2. The molecule has 0 spiro atoms. The molecule has 0 radical (unpaired) electrons. The van der Waals surface area contributed by atoms with Gasteiger partial charge in [-0.05, 0) is 19.1 Å². The SMILES string of the molecule is C[C@@H]1[C@@H](O)[C@@H](O)[C@H](Sc2ccccc2)O[C@H]1C. The minimum absolute atomic E-state index is 0.0439. The van der Waals surface area contributed by atoms with E-state index in [9.17, 15) is 10.2 Å². The molecule has 3 nitrogen and oxygen atoms in total. The van der Waals surface area contributed by atoms with Gasteiger partial charge in [-0.15, -0.1) is 0 Å². The summed E-state index contributed by atoms with van der Waals surface area (Å²) in [6.07, 6.45) is -1.61. The summed E-state index contributed by atoms with van der Waals surface area (Å²) in [4.78, 5) is 1.03. The second kappa shape index (κ2) is 5.40. The summed E-state index contributed by atoms with van der Waals surface area (Å²) < 4.78 is 5.74. The van der Waals surface area contributed by atoms with Gasteiger partial charge in [0.25, 0.3) is 0 Å². The zero-order valence-corrected chi connectivity index (χ0v) is 10.8. The molecule has 1 heterocycles. The van der Waals surface area contributed by atoms with Crippen LogP contribution in [0.3, 0.4) is 0 Å². The monoisotopic (exact) mass is 254 g/mol. The van der Waals surface area contributed by atoms with Crippen LogP contribution in [0.25, 0.3) is 0 Å². The van der Waals surface area contributed by atoms with Crippen LogP contribution in [0, 0.1) is 5.92 Å². The van der Waals surface area contributed by atoms with Crippen LogP contribution < -0.4 is 0 Å². The summed E-state index contributed by atoms with van der Waals surface area (Å²) in [5.74, 6) is -0.0439. The number of aliphatic hydroxyl groups is 2. The Morgan fingerprint density at radius 3 is 2.35 bits per heavy atom. The molecular formula is C13H18O3S. The molecule has 0 aliphatic carbocycles. The molecule has 2 rings (SSSR count). The van der Waals surface area contributed by atoms with Crippen molar-refractivity contribution >= 4 is 11.8 Å². The highest BCUT2D eigenvalue weighted by molar-refractivity contribution is 7.99. The van der Waals surface area contributed by atoms with Gasteiger partial charge in [0.15, 0.2) is 0 Å². The molecule has 0 amide bonds. The topological polar surface area (TPSA) is 49.7 Å². The summed E-state index contributed by atoms with van der Waals surface area (Å²) in [7, 11) is 0. The molecule has 94 valence electrons. The predicted octanol–water partition coefficient (Wildman–Crippen LogP) is 1.88. The van der Waals surface area contributed by atoms with E-state index in [4.69, 9.17) is 4.74 Å². The zero-order valence-electron chi connectivity index (χ0n) is 9.98. The number of hydrogen-bond acceptors (Lipinski definition) is 4. The van der Waals surface area contributed by atoms with Crippen molar-refractivity contribution in [3.8, 4) is 0 Å². The lowest BCUT2D eigenvalue weighted by Gasteiger charge is -2.39. The van der Waals surface area contributed by atoms with Crippen LogP contribution in [0.15, 0.2) is 35.2 Å². The molecule has 1 aromatic carbocycles. The second-order valence-electron chi connectivity index (χ2n) is 4.48. The summed E-state index contributed by atoms with van der Waals surface area (Å²) in [5, 5.41) is 19.9. The van der Waals surface area contributed by atoms with E-state index in [1.54, 1.807) is 0 Å². The Morgan fingerprint density at radius 1 is 1.06 bits per heavy atom. The summed E-state index contributed by atoms with van der Waals surface area (Å²) in [6.45, 7) is 3.82. The Hall–Kier alpha value is -0.550. The van der Waals surface area contributed by atoms with Gasteiger partial charge in [-0.1, -0.05) is 36.9 Å². The molecule has 2 N–H and O–H groups in total. The highest BCUT2D eigenvalue weighted by Crippen LogP contribution is 2.35. The van der Waals surface area contributed by atoms with Crippen molar-refractivity contribution in [2.45, 2.75) is 42.5 Å². The number of rotatable bonds is 2. The quantitative estimate of drug-likeness (QED) is 0.846. The fraction of sp³-hybridized carbons (Fsp3) is 0.538. The summed E-state index contributed by atoms with van der Waals surface area (Å²) >= 11 is 1.45. The first kappa shape index (κ1) is 12.9. The van der Waals surface area contributed by atoms with Gasteiger partial charge in [0.2, 0.25) is 0 Å². The van der Waals surface area contributed by atoms with E-state index >= 15 is 0 Å². The lowest BCUT2D eigenvalue weighted by Crippen LogP contribution is -2.51. The lowest BCUT2D eigenvalue weighted by atomic mass is 9.92. The van der Waals surface area contributed by atoms with Crippen molar-refractivity contribution in [2.24, 2.45) is 5.92 Å². The standard InChI is InChI=1S/C13H18O3S/c1-8-9(2)16-13(12(15)11(8)14)17-10-6-4-3-5-7-10/h3-9,11-15H,1-2H3/t8-,9-,11+,12+,13-/m0/s1. The van der Waals surface area contributed by atoms with Gasteiger partial charge in [0.1, 0.15) is 11.5 Å².